The highest BCUT2D eigenvalue weighted by Gasteiger charge is 2.28. The van der Waals surface area contributed by atoms with E-state index in [1.54, 1.807) is 28.7 Å². The maximum atomic E-state index is 13.7. The predicted octanol–water partition coefficient (Wildman–Crippen LogP) is 5.85. The second-order valence-corrected chi connectivity index (χ2v) is 8.64. The smallest absolute Gasteiger partial charge is 0.322 e. The summed E-state index contributed by atoms with van der Waals surface area (Å²) in [5, 5.41) is 3.56. The van der Waals surface area contributed by atoms with E-state index < -0.39 is 6.04 Å². The van der Waals surface area contributed by atoms with Crippen LogP contribution in [-0.2, 0) is 6.54 Å². The van der Waals surface area contributed by atoms with Crippen LogP contribution in [0.2, 0.25) is 0 Å². The molecule has 1 atom stereocenters. The lowest BCUT2D eigenvalue weighted by atomic mass is 10.1. The Morgan fingerprint density at radius 3 is 2.50 bits per heavy atom. The first-order chi connectivity index (χ1) is 17.5. The van der Waals surface area contributed by atoms with E-state index in [1.165, 1.54) is 0 Å². The number of hydrogen-bond donors (Lipinski definition) is 1. The van der Waals surface area contributed by atoms with E-state index in [1.807, 2.05) is 80.6 Å². The van der Waals surface area contributed by atoms with E-state index >= 15 is 0 Å². The molecule has 186 valence electrons. The Morgan fingerprint density at radius 1 is 1.03 bits per heavy atom. The SMILES string of the molecule is CCCN(C(=O)Nc1cccc(OC)c1)C(CC)c1nc2ccccc2c(=O)n1Cc1ccccc1. The fraction of sp³-hybridized carbons (Fsp3) is 0.276. The first-order valence-corrected chi connectivity index (χ1v) is 12.3. The first kappa shape index (κ1) is 25.0. The molecule has 1 N–H and O–H groups in total. The van der Waals surface area contributed by atoms with Crippen LogP contribution in [0.25, 0.3) is 10.9 Å². The van der Waals surface area contributed by atoms with Gasteiger partial charge in [-0.2, -0.15) is 0 Å². The summed E-state index contributed by atoms with van der Waals surface area (Å²) in [5.41, 5.74) is 2.16. The maximum Gasteiger partial charge on any atom is 0.322 e. The minimum Gasteiger partial charge on any atom is -0.497 e. The number of rotatable bonds is 9. The number of carbonyl (C=O) groups is 1. The van der Waals surface area contributed by atoms with Gasteiger partial charge in [0.2, 0.25) is 0 Å². The van der Waals surface area contributed by atoms with Gasteiger partial charge in [-0.05, 0) is 42.7 Å². The molecule has 0 aliphatic carbocycles. The molecular weight excluding hydrogens is 452 g/mol. The maximum absolute atomic E-state index is 13.7. The number of aromatic nitrogens is 2. The molecule has 1 heterocycles. The number of amides is 2. The van der Waals surface area contributed by atoms with Crippen molar-refractivity contribution >= 4 is 22.6 Å². The highest BCUT2D eigenvalue weighted by Crippen LogP contribution is 2.26. The van der Waals surface area contributed by atoms with Crippen LogP contribution in [0, 0.1) is 0 Å². The van der Waals surface area contributed by atoms with Gasteiger partial charge >= 0.3 is 6.03 Å². The van der Waals surface area contributed by atoms with Gasteiger partial charge in [-0.15, -0.1) is 0 Å². The molecule has 2 amide bonds. The fourth-order valence-corrected chi connectivity index (χ4v) is 4.44. The van der Waals surface area contributed by atoms with Crippen LogP contribution in [-0.4, -0.2) is 34.1 Å². The number of carbonyl (C=O) groups excluding carboxylic acids is 1. The van der Waals surface area contributed by atoms with Crippen LogP contribution in [0.3, 0.4) is 0 Å². The van der Waals surface area contributed by atoms with Crippen molar-refractivity contribution < 1.29 is 9.53 Å². The van der Waals surface area contributed by atoms with Gasteiger partial charge in [-0.3, -0.25) is 9.36 Å². The number of nitrogens with zero attached hydrogens (tertiary/aromatic N) is 3. The van der Waals surface area contributed by atoms with Gasteiger partial charge in [0.15, 0.2) is 0 Å². The van der Waals surface area contributed by atoms with Gasteiger partial charge in [0.1, 0.15) is 11.6 Å². The average molecular weight is 485 g/mol. The zero-order chi connectivity index (χ0) is 25.5. The Labute approximate surface area is 211 Å². The molecule has 4 aromatic rings. The highest BCUT2D eigenvalue weighted by atomic mass is 16.5. The van der Waals surface area contributed by atoms with Crippen molar-refractivity contribution in [2.45, 2.75) is 39.3 Å². The number of nitrogens with one attached hydrogen (secondary N) is 1. The summed E-state index contributed by atoms with van der Waals surface area (Å²) in [7, 11) is 1.59. The zero-order valence-electron chi connectivity index (χ0n) is 21.0. The standard InChI is InChI=1S/C29H32N4O3/c1-4-18-32(29(35)30-22-14-11-15-23(19-22)36-3)26(5-2)27-31-25-17-10-9-16-24(25)28(34)33(27)20-21-12-7-6-8-13-21/h6-17,19,26H,4-5,18,20H2,1-3H3,(H,30,35). The summed E-state index contributed by atoms with van der Waals surface area (Å²) in [6, 6.07) is 23.8. The molecule has 0 radical (unpaired) electrons. The van der Waals surface area contributed by atoms with E-state index in [0.717, 1.165) is 12.0 Å². The number of anilines is 1. The minimum atomic E-state index is -0.392. The van der Waals surface area contributed by atoms with Gasteiger partial charge in [0, 0.05) is 18.3 Å². The van der Waals surface area contributed by atoms with Gasteiger partial charge in [0.05, 0.1) is 30.6 Å². The molecule has 0 saturated heterocycles. The van der Waals surface area contributed by atoms with Crippen molar-refractivity contribution in [2.24, 2.45) is 0 Å². The average Bonchev–Trinajstić information content (AvgIpc) is 2.91. The van der Waals surface area contributed by atoms with Crippen LogP contribution in [0.1, 0.15) is 44.1 Å². The molecule has 36 heavy (non-hydrogen) atoms. The van der Waals surface area contributed by atoms with E-state index in [2.05, 4.69) is 5.32 Å². The third-order valence-corrected chi connectivity index (χ3v) is 6.18. The summed E-state index contributed by atoms with van der Waals surface area (Å²) in [5.74, 6) is 1.24. The van der Waals surface area contributed by atoms with Crippen LogP contribution in [0.15, 0.2) is 83.7 Å². The molecule has 7 nitrogen and oxygen atoms in total. The molecule has 0 saturated carbocycles. The lowest BCUT2D eigenvalue weighted by Crippen LogP contribution is -2.41. The summed E-state index contributed by atoms with van der Waals surface area (Å²) in [6.45, 7) is 4.94. The van der Waals surface area contributed by atoms with E-state index in [-0.39, 0.29) is 11.6 Å². The van der Waals surface area contributed by atoms with E-state index in [4.69, 9.17) is 9.72 Å². The number of para-hydroxylation sites is 1. The van der Waals surface area contributed by atoms with Crippen LogP contribution < -0.4 is 15.6 Å². The number of hydrogen-bond acceptors (Lipinski definition) is 4. The van der Waals surface area contributed by atoms with Gasteiger partial charge in [-0.25, -0.2) is 9.78 Å². The van der Waals surface area contributed by atoms with Gasteiger partial charge < -0.3 is 15.0 Å². The number of methoxy groups -OCH3 is 1. The normalized spacial score (nSPS) is 11.8. The lowest BCUT2D eigenvalue weighted by Gasteiger charge is -2.32. The van der Waals surface area contributed by atoms with Crippen LogP contribution >= 0.6 is 0 Å². The number of ether oxygens (including phenoxy) is 1. The summed E-state index contributed by atoms with van der Waals surface area (Å²) in [4.78, 5) is 33.9. The zero-order valence-corrected chi connectivity index (χ0v) is 21.0. The van der Waals surface area contributed by atoms with Crippen molar-refractivity contribution in [3.8, 4) is 5.75 Å². The van der Waals surface area contributed by atoms with Gasteiger partial charge in [0.25, 0.3) is 5.56 Å². The summed E-state index contributed by atoms with van der Waals surface area (Å²) < 4.78 is 7.01. The molecule has 0 spiro atoms. The predicted molar refractivity (Wildman–Crippen MR) is 144 cm³/mol. The molecule has 4 rings (SSSR count). The molecule has 1 aromatic heterocycles. The third-order valence-electron chi connectivity index (χ3n) is 6.18. The van der Waals surface area contributed by atoms with E-state index in [0.29, 0.717) is 47.7 Å². The molecule has 1 unspecified atom stereocenters. The topological polar surface area (TPSA) is 76.5 Å². The molecule has 0 fully saturated rings. The van der Waals surface area contributed by atoms with Crippen molar-refractivity contribution in [3.05, 3.63) is 101 Å². The molecule has 0 aliphatic heterocycles. The van der Waals surface area contributed by atoms with Crippen molar-refractivity contribution in [3.63, 3.8) is 0 Å². The second-order valence-electron chi connectivity index (χ2n) is 8.64. The molecule has 3 aromatic carbocycles. The van der Waals surface area contributed by atoms with Crippen molar-refractivity contribution in [2.75, 3.05) is 19.0 Å². The number of benzene rings is 3. The monoisotopic (exact) mass is 484 g/mol. The Balaban J connectivity index is 1.78. The van der Waals surface area contributed by atoms with Gasteiger partial charge in [-0.1, -0.05) is 62.4 Å². The van der Waals surface area contributed by atoms with Crippen LogP contribution in [0.4, 0.5) is 10.5 Å². The van der Waals surface area contributed by atoms with Crippen LogP contribution in [0.5, 0.6) is 5.75 Å². The summed E-state index contributed by atoms with van der Waals surface area (Å²) >= 11 is 0. The van der Waals surface area contributed by atoms with E-state index in [9.17, 15) is 9.59 Å². The molecule has 7 heteroatoms. The Kier molecular flexibility index (Phi) is 8.00. The Morgan fingerprint density at radius 2 is 1.78 bits per heavy atom. The number of urea groups is 1. The van der Waals surface area contributed by atoms with Crippen molar-refractivity contribution in [1.82, 2.24) is 14.5 Å². The quantitative estimate of drug-likeness (QED) is 0.323. The third kappa shape index (κ3) is 5.40. The lowest BCUT2D eigenvalue weighted by molar-refractivity contribution is 0.180. The highest BCUT2D eigenvalue weighted by molar-refractivity contribution is 5.90. The number of fused-ring (bicyclic) bond motifs is 1. The minimum absolute atomic E-state index is 0.109. The largest absolute Gasteiger partial charge is 0.497 e. The second kappa shape index (κ2) is 11.5. The Bertz CT molecular complexity index is 1380. The molecule has 0 bridgehead atoms. The fourth-order valence-electron chi connectivity index (χ4n) is 4.44. The first-order valence-electron chi connectivity index (χ1n) is 12.3. The molecule has 0 aliphatic rings. The van der Waals surface area contributed by atoms with Crippen molar-refractivity contribution in [1.29, 1.82) is 0 Å². The summed E-state index contributed by atoms with van der Waals surface area (Å²) in [6.07, 6.45) is 1.36. The Hall–Kier alpha value is -4.13. The molecular formula is C29H32N4O3.